The quantitative estimate of drug-likeness (QED) is 0.468. The highest BCUT2D eigenvalue weighted by Crippen LogP contribution is 2.38. The van der Waals surface area contributed by atoms with Crippen molar-refractivity contribution in [2.45, 2.75) is 23.6 Å². The topological polar surface area (TPSA) is 83.1 Å². The first-order chi connectivity index (χ1) is 14.0. The SMILES string of the molecule is COc1cc(CNC(=O)COC(=O)[C@@H](C)Sc2ccccc2)cc(OC)c1OC. The zero-order valence-electron chi connectivity index (χ0n) is 16.9. The number of benzene rings is 2. The molecule has 2 aromatic carbocycles. The van der Waals surface area contributed by atoms with Gasteiger partial charge >= 0.3 is 5.97 Å². The third-order valence-electron chi connectivity index (χ3n) is 3.95. The minimum absolute atomic E-state index is 0.224. The molecule has 0 unspecified atom stereocenters. The molecule has 0 saturated heterocycles. The Morgan fingerprint density at radius 3 is 2.17 bits per heavy atom. The number of thioether (sulfide) groups is 1. The summed E-state index contributed by atoms with van der Waals surface area (Å²) in [6.45, 7) is 1.62. The maximum Gasteiger partial charge on any atom is 0.319 e. The van der Waals surface area contributed by atoms with Gasteiger partial charge in [-0.3, -0.25) is 9.59 Å². The first-order valence-corrected chi connectivity index (χ1v) is 9.80. The highest BCUT2D eigenvalue weighted by atomic mass is 32.2. The van der Waals surface area contributed by atoms with Gasteiger partial charge in [0, 0.05) is 11.4 Å². The normalized spacial score (nSPS) is 11.3. The van der Waals surface area contributed by atoms with Crippen molar-refractivity contribution in [2.75, 3.05) is 27.9 Å². The Hall–Kier alpha value is -2.87. The van der Waals surface area contributed by atoms with Crippen LogP contribution in [0.15, 0.2) is 47.4 Å². The smallest absolute Gasteiger partial charge is 0.319 e. The van der Waals surface area contributed by atoms with Gasteiger partial charge in [-0.15, -0.1) is 11.8 Å². The molecule has 0 bridgehead atoms. The summed E-state index contributed by atoms with van der Waals surface area (Å²) in [5, 5.41) is 2.29. The number of nitrogens with one attached hydrogen (secondary N) is 1. The summed E-state index contributed by atoms with van der Waals surface area (Å²) in [4.78, 5) is 25.1. The fraction of sp³-hybridized carbons (Fsp3) is 0.333. The van der Waals surface area contributed by atoms with Gasteiger partial charge in [0.15, 0.2) is 18.1 Å². The van der Waals surface area contributed by atoms with Crippen LogP contribution in [0.5, 0.6) is 17.2 Å². The van der Waals surface area contributed by atoms with E-state index in [4.69, 9.17) is 18.9 Å². The standard InChI is InChI=1S/C21H25NO6S/c1-14(29-16-8-6-5-7-9-16)21(24)28-13-19(23)22-12-15-10-17(25-2)20(27-4)18(11-15)26-3/h5-11,14H,12-13H2,1-4H3,(H,22,23)/t14-/m1/s1. The molecule has 0 fully saturated rings. The van der Waals surface area contributed by atoms with Crippen LogP contribution in [0.2, 0.25) is 0 Å². The first-order valence-electron chi connectivity index (χ1n) is 8.92. The lowest BCUT2D eigenvalue weighted by Crippen LogP contribution is -2.30. The van der Waals surface area contributed by atoms with Gasteiger partial charge in [0.2, 0.25) is 5.75 Å². The van der Waals surface area contributed by atoms with Crippen molar-refractivity contribution in [3.63, 3.8) is 0 Å². The van der Waals surface area contributed by atoms with Gasteiger partial charge in [0.05, 0.1) is 21.3 Å². The molecule has 0 saturated carbocycles. The van der Waals surface area contributed by atoms with E-state index in [9.17, 15) is 9.59 Å². The Morgan fingerprint density at radius 1 is 1.00 bits per heavy atom. The Labute approximate surface area is 174 Å². The number of methoxy groups -OCH3 is 3. The van der Waals surface area contributed by atoms with E-state index in [2.05, 4.69) is 5.32 Å². The number of ether oxygens (including phenoxy) is 4. The molecule has 0 aliphatic rings. The summed E-state index contributed by atoms with van der Waals surface area (Å²) in [5.74, 6) is 0.623. The third kappa shape index (κ3) is 6.60. The van der Waals surface area contributed by atoms with Gasteiger partial charge in [-0.2, -0.15) is 0 Å². The van der Waals surface area contributed by atoms with Crippen molar-refractivity contribution in [1.29, 1.82) is 0 Å². The second kappa shape index (κ2) is 11.2. The van der Waals surface area contributed by atoms with Crippen molar-refractivity contribution in [2.24, 2.45) is 0 Å². The van der Waals surface area contributed by atoms with Crippen LogP contribution in [0.4, 0.5) is 0 Å². The molecule has 29 heavy (non-hydrogen) atoms. The summed E-state index contributed by atoms with van der Waals surface area (Å²) in [7, 11) is 4.56. The number of carbonyl (C=O) groups is 2. The summed E-state index contributed by atoms with van der Waals surface area (Å²) < 4.78 is 21.0. The van der Waals surface area contributed by atoms with Crippen LogP contribution in [-0.2, 0) is 20.9 Å². The zero-order valence-corrected chi connectivity index (χ0v) is 17.7. The predicted molar refractivity (Wildman–Crippen MR) is 111 cm³/mol. The van der Waals surface area contributed by atoms with Crippen LogP contribution in [0.1, 0.15) is 12.5 Å². The Kier molecular flexibility index (Phi) is 8.67. The van der Waals surface area contributed by atoms with Gasteiger partial charge in [-0.25, -0.2) is 0 Å². The lowest BCUT2D eigenvalue weighted by molar-refractivity contribution is -0.147. The van der Waals surface area contributed by atoms with Gasteiger partial charge in [0.25, 0.3) is 5.91 Å². The Balaban J connectivity index is 1.84. The number of esters is 1. The molecule has 0 aromatic heterocycles. The predicted octanol–water partition coefficient (Wildman–Crippen LogP) is 3.05. The van der Waals surface area contributed by atoms with E-state index in [1.54, 1.807) is 19.1 Å². The van der Waals surface area contributed by atoms with Crippen LogP contribution < -0.4 is 19.5 Å². The summed E-state index contributed by atoms with van der Waals surface area (Å²) in [6, 6.07) is 13.0. The fourth-order valence-corrected chi connectivity index (χ4v) is 3.38. The van der Waals surface area contributed by atoms with Crippen molar-refractivity contribution >= 4 is 23.6 Å². The highest BCUT2D eigenvalue weighted by molar-refractivity contribution is 8.00. The monoisotopic (exact) mass is 419 g/mol. The van der Waals surface area contributed by atoms with Crippen LogP contribution in [-0.4, -0.2) is 45.1 Å². The minimum Gasteiger partial charge on any atom is -0.493 e. The van der Waals surface area contributed by atoms with Gasteiger partial charge < -0.3 is 24.3 Å². The van der Waals surface area contributed by atoms with Crippen molar-refractivity contribution in [3.05, 3.63) is 48.0 Å². The molecule has 0 aliphatic heterocycles. The number of carbonyl (C=O) groups excluding carboxylic acids is 2. The van der Waals surface area contributed by atoms with Crippen molar-refractivity contribution < 1.29 is 28.5 Å². The molecule has 0 radical (unpaired) electrons. The number of hydrogen-bond acceptors (Lipinski definition) is 7. The van der Waals surface area contributed by atoms with Crippen molar-refractivity contribution in [1.82, 2.24) is 5.32 Å². The lowest BCUT2D eigenvalue weighted by Gasteiger charge is -2.15. The van der Waals surface area contributed by atoms with E-state index in [-0.39, 0.29) is 13.2 Å². The maximum atomic E-state index is 12.1. The number of amides is 1. The molecule has 156 valence electrons. The largest absolute Gasteiger partial charge is 0.493 e. The molecule has 2 rings (SSSR count). The van der Waals surface area contributed by atoms with E-state index < -0.39 is 17.1 Å². The molecular weight excluding hydrogens is 394 g/mol. The summed E-state index contributed by atoms with van der Waals surface area (Å²) in [5.41, 5.74) is 0.757. The van der Waals surface area contributed by atoms with E-state index in [0.717, 1.165) is 10.5 Å². The fourth-order valence-electron chi connectivity index (χ4n) is 2.49. The van der Waals surface area contributed by atoms with Crippen LogP contribution in [0, 0.1) is 0 Å². The van der Waals surface area contributed by atoms with Crippen molar-refractivity contribution in [3.8, 4) is 17.2 Å². The molecule has 0 heterocycles. The van der Waals surface area contributed by atoms with Gasteiger partial charge in [0.1, 0.15) is 5.25 Å². The van der Waals surface area contributed by atoms with Gasteiger partial charge in [-0.1, -0.05) is 18.2 Å². The molecular formula is C21H25NO6S. The van der Waals surface area contributed by atoms with E-state index in [1.165, 1.54) is 33.1 Å². The Bertz CT molecular complexity index is 802. The average Bonchev–Trinajstić information content (AvgIpc) is 2.75. The number of rotatable bonds is 10. The van der Waals surface area contributed by atoms with Gasteiger partial charge in [-0.05, 0) is 36.8 Å². The van der Waals surface area contributed by atoms with E-state index in [0.29, 0.717) is 17.2 Å². The minimum atomic E-state index is -0.443. The van der Waals surface area contributed by atoms with Crippen LogP contribution in [0.3, 0.4) is 0 Å². The second-order valence-electron chi connectivity index (χ2n) is 5.99. The Morgan fingerprint density at radius 2 is 1.62 bits per heavy atom. The van der Waals surface area contributed by atoms with E-state index >= 15 is 0 Å². The molecule has 1 atom stereocenters. The molecule has 0 aliphatic carbocycles. The molecule has 7 nitrogen and oxygen atoms in total. The van der Waals surface area contributed by atoms with E-state index in [1.807, 2.05) is 30.3 Å². The van der Waals surface area contributed by atoms with Crippen LogP contribution >= 0.6 is 11.8 Å². The zero-order chi connectivity index (χ0) is 21.2. The number of hydrogen-bond donors (Lipinski definition) is 1. The maximum absolute atomic E-state index is 12.1. The molecule has 0 spiro atoms. The highest BCUT2D eigenvalue weighted by Gasteiger charge is 2.18. The summed E-state index contributed by atoms with van der Waals surface area (Å²) in [6.07, 6.45) is 0. The lowest BCUT2D eigenvalue weighted by atomic mass is 10.1. The first kappa shape index (κ1) is 22.4. The molecule has 2 aromatic rings. The second-order valence-corrected chi connectivity index (χ2v) is 7.41. The third-order valence-corrected chi connectivity index (χ3v) is 5.04. The molecule has 8 heteroatoms. The van der Waals surface area contributed by atoms with Crippen LogP contribution in [0.25, 0.3) is 0 Å². The molecule has 1 amide bonds. The summed E-state index contributed by atoms with van der Waals surface area (Å²) >= 11 is 1.38. The average molecular weight is 419 g/mol. The molecule has 1 N–H and O–H groups in total.